The summed E-state index contributed by atoms with van der Waals surface area (Å²) < 4.78 is 0.220. The molecule has 44 heavy (non-hydrogen) atoms. The quantitative estimate of drug-likeness (QED) is 0.0442. The number of aliphatic carboxylic acids is 3. The standard InChI is InChI=1S/C37H69NO6/c1-5-9-10-11-12-13-14-15-16-17-18-19-20-21-22-23-24-25-26-27-28-38(29-32(6-2)35(39)40,30-33(7-3)36(41)42)31-34(8-4)37(43)44/h11-12,32-34H,5-10,13-31H2,1-4H3,(H2-,39,40,41,42,43,44)/b12-11+. The zero-order valence-electron chi connectivity index (χ0n) is 29.0. The lowest BCUT2D eigenvalue weighted by molar-refractivity contribution is -0.935. The zero-order valence-corrected chi connectivity index (χ0v) is 29.0. The molecule has 0 aliphatic rings. The van der Waals surface area contributed by atoms with E-state index in [0.29, 0.717) is 25.8 Å². The number of carboxylic acids is 3. The van der Waals surface area contributed by atoms with Gasteiger partial charge in [-0.1, -0.05) is 123 Å². The molecule has 0 rings (SSSR count). The molecule has 3 atom stereocenters. The zero-order chi connectivity index (χ0) is 33.1. The van der Waals surface area contributed by atoms with Crippen LogP contribution in [0.5, 0.6) is 0 Å². The van der Waals surface area contributed by atoms with Crippen molar-refractivity contribution in [3.05, 3.63) is 12.2 Å². The number of hydrogen-bond acceptors (Lipinski definition) is 4. The number of hydrogen-bond donors (Lipinski definition) is 2. The van der Waals surface area contributed by atoms with E-state index in [2.05, 4.69) is 19.1 Å². The average Bonchev–Trinajstić information content (AvgIpc) is 2.99. The number of nitrogens with zero attached hydrogens (tertiary/aromatic N) is 1. The van der Waals surface area contributed by atoms with Crippen LogP contribution in [-0.4, -0.2) is 58.8 Å². The summed E-state index contributed by atoms with van der Waals surface area (Å²) in [6, 6.07) is 0. The van der Waals surface area contributed by atoms with Gasteiger partial charge in [0.1, 0.15) is 11.8 Å². The second kappa shape index (κ2) is 27.4. The molecule has 7 heteroatoms. The molecule has 2 N–H and O–H groups in total. The molecular weight excluding hydrogens is 554 g/mol. The molecule has 0 aliphatic carbocycles. The molecule has 0 spiro atoms. The van der Waals surface area contributed by atoms with Gasteiger partial charge in [-0.05, 0) is 51.4 Å². The average molecular weight is 624 g/mol. The van der Waals surface area contributed by atoms with E-state index >= 15 is 0 Å². The van der Waals surface area contributed by atoms with Crippen molar-refractivity contribution >= 4 is 17.9 Å². The Morgan fingerprint density at radius 2 is 0.886 bits per heavy atom. The maximum Gasteiger partial charge on any atom is 0.312 e. The maximum atomic E-state index is 12.0. The summed E-state index contributed by atoms with van der Waals surface area (Å²) in [5.74, 6) is -4.94. The molecule has 3 unspecified atom stereocenters. The molecule has 0 saturated heterocycles. The Morgan fingerprint density at radius 3 is 1.23 bits per heavy atom. The fourth-order valence-corrected chi connectivity index (χ4v) is 6.42. The summed E-state index contributed by atoms with van der Waals surface area (Å²) in [5, 5.41) is 31.5. The molecule has 0 heterocycles. The first-order chi connectivity index (χ1) is 21.2. The van der Waals surface area contributed by atoms with Crippen molar-refractivity contribution in [2.75, 3.05) is 26.2 Å². The van der Waals surface area contributed by atoms with Crippen molar-refractivity contribution in [1.82, 2.24) is 0 Å². The van der Waals surface area contributed by atoms with E-state index in [0.717, 1.165) is 19.3 Å². The van der Waals surface area contributed by atoms with Crippen molar-refractivity contribution in [3.8, 4) is 0 Å². The lowest BCUT2D eigenvalue weighted by Gasteiger charge is -2.44. The smallest absolute Gasteiger partial charge is 0.312 e. The largest absolute Gasteiger partial charge is 0.550 e. The van der Waals surface area contributed by atoms with Crippen LogP contribution in [0.15, 0.2) is 12.2 Å². The number of allylic oxidation sites excluding steroid dienone is 2. The predicted octanol–water partition coefficient (Wildman–Crippen LogP) is 8.40. The third kappa shape index (κ3) is 21.0. The van der Waals surface area contributed by atoms with E-state index in [1.807, 2.05) is 13.8 Å². The summed E-state index contributed by atoms with van der Waals surface area (Å²) in [7, 11) is 0. The second-order valence-electron chi connectivity index (χ2n) is 13.3. The third-order valence-electron chi connectivity index (χ3n) is 9.48. The monoisotopic (exact) mass is 624 g/mol. The van der Waals surface area contributed by atoms with Crippen LogP contribution in [0.25, 0.3) is 0 Å². The van der Waals surface area contributed by atoms with Gasteiger partial charge >= 0.3 is 11.9 Å². The lowest BCUT2D eigenvalue weighted by Crippen LogP contribution is -2.59. The Labute approximate surface area is 270 Å². The highest BCUT2D eigenvalue weighted by molar-refractivity contribution is 5.70. The van der Waals surface area contributed by atoms with Gasteiger partial charge in [0.25, 0.3) is 0 Å². The van der Waals surface area contributed by atoms with Gasteiger partial charge in [0, 0.05) is 5.92 Å². The molecular formula is C37H69NO6. The Hall–Kier alpha value is -1.89. The number of carbonyl (C=O) groups excluding carboxylic acids is 1. The minimum absolute atomic E-state index is 0.220. The third-order valence-corrected chi connectivity index (χ3v) is 9.48. The first kappa shape index (κ1) is 42.1. The second-order valence-corrected chi connectivity index (χ2v) is 13.3. The Kier molecular flexibility index (Phi) is 26.2. The van der Waals surface area contributed by atoms with Gasteiger partial charge in [-0.25, -0.2) is 0 Å². The van der Waals surface area contributed by atoms with Crippen LogP contribution in [0.4, 0.5) is 0 Å². The Morgan fingerprint density at radius 1 is 0.545 bits per heavy atom. The molecule has 0 aromatic rings. The minimum Gasteiger partial charge on any atom is -0.550 e. The van der Waals surface area contributed by atoms with E-state index in [4.69, 9.17) is 0 Å². The number of carbonyl (C=O) groups is 3. The van der Waals surface area contributed by atoms with E-state index in [-0.39, 0.29) is 24.1 Å². The van der Waals surface area contributed by atoms with Crippen LogP contribution < -0.4 is 5.11 Å². The molecule has 0 aromatic heterocycles. The molecule has 0 radical (unpaired) electrons. The molecule has 0 aliphatic heterocycles. The Bertz CT molecular complexity index is 707. The fourth-order valence-electron chi connectivity index (χ4n) is 6.42. The summed E-state index contributed by atoms with van der Waals surface area (Å²) in [5.41, 5.74) is 0. The molecule has 0 aromatic carbocycles. The van der Waals surface area contributed by atoms with Gasteiger partial charge in [-0.15, -0.1) is 0 Å². The van der Waals surface area contributed by atoms with Gasteiger partial charge in [0.15, 0.2) is 0 Å². The molecule has 0 bridgehead atoms. The first-order valence-corrected chi connectivity index (χ1v) is 18.3. The Balaban J connectivity index is 4.54. The maximum absolute atomic E-state index is 12.0. The van der Waals surface area contributed by atoms with Crippen LogP contribution in [0.2, 0.25) is 0 Å². The summed E-state index contributed by atoms with van der Waals surface area (Å²) in [6.45, 7) is 9.04. The molecule has 0 saturated carbocycles. The van der Waals surface area contributed by atoms with Crippen LogP contribution in [-0.2, 0) is 14.4 Å². The van der Waals surface area contributed by atoms with Crippen molar-refractivity contribution < 1.29 is 34.2 Å². The highest BCUT2D eigenvalue weighted by Crippen LogP contribution is 2.25. The van der Waals surface area contributed by atoms with Gasteiger partial charge in [0.05, 0.1) is 32.1 Å². The summed E-state index contributed by atoms with van der Waals surface area (Å²) in [6.07, 6.45) is 28.3. The first-order valence-electron chi connectivity index (χ1n) is 18.3. The van der Waals surface area contributed by atoms with Crippen LogP contribution in [0.3, 0.4) is 0 Å². The van der Waals surface area contributed by atoms with Gasteiger partial charge in [-0.3, -0.25) is 9.59 Å². The van der Waals surface area contributed by atoms with E-state index in [1.165, 1.54) is 96.3 Å². The van der Waals surface area contributed by atoms with Crippen molar-refractivity contribution in [1.29, 1.82) is 0 Å². The summed E-state index contributed by atoms with van der Waals surface area (Å²) in [4.78, 5) is 35.9. The van der Waals surface area contributed by atoms with Crippen LogP contribution in [0.1, 0.15) is 163 Å². The fraction of sp³-hybridized carbons (Fsp3) is 0.865. The number of rotatable bonds is 32. The van der Waals surface area contributed by atoms with Gasteiger partial charge in [0.2, 0.25) is 0 Å². The SMILES string of the molecule is CCCC/C=C/CCCCCCCCCCCCCCCC[N+](CC(CC)C(=O)[O-])(CC(CC)C(=O)O)CC(CC)C(=O)O. The number of unbranched alkanes of at least 4 members (excludes halogenated alkanes) is 16. The van der Waals surface area contributed by atoms with Gasteiger partial charge in [-0.2, -0.15) is 0 Å². The predicted molar refractivity (Wildman–Crippen MR) is 179 cm³/mol. The van der Waals surface area contributed by atoms with Gasteiger partial charge < -0.3 is 24.6 Å². The normalized spacial score (nSPS) is 15.2. The molecule has 7 nitrogen and oxygen atoms in total. The topological polar surface area (TPSA) is 115 Å². The van der Waals surface area contributed by atoms with Crippen LogP contribution in [0, 0.1) is 17.8 Å². The van der Waals surface area contributed by atoms with Crippen molar-refractivity contribution in [2.24, 2.45) is 17.8 Å². The number of carboxylic acid groups (broad SMARTS) is 3. The highest BCUT2D eigenvalue weighted by atomic mass is 16.4. The van der Waals surface area contributed by atoms with E-state index in [1.54, 1.807) is 6.92 Å². The molecule has 0 amide bonds. The highest BCUT2D eigenvalue weighted by Gasteiger charge is 2.39. The lowest BCUT2D eigenvalue weighted by atomic mass is 9.95. The minimum atomic E-state index is -1.14. The number of quaternary nitrogens is 1. The van der Waals surface area contributed by atoms with Crippen molar-refractivity contribution in [3.63, 3.8) is 0 Å². The molecule has 258 valence electrons. The van der Waals surface area contributed by atoms with E-state index in [9.17, 15) is 29.7 Å². The van der Waals surface area contributed by atoms with Crippen LogP contribution >= 0.6 is 0 Å². The molecule has 0 fully saturated rings. The summed E-state index contributed by atoms with van der Waals surface area (Å²) >= 11 is 0. The van der Waals surface area contributed by atoms with E-state index < -0.39 is 35.7 Å². The van der Waals surface area contributed by atoms with Crippen molar-refractivity contribution in [2.45, 2.75) is 163 Å².